The average molecular weight is 1240 g/mol. The van der Waals surface area contributed by atoms with Crippen molar-refractivity contribution in [3.05, 3.63) is 425 Å². The van der Waals surface area contributed by atoms with Gasteiger partial charge >= 0.3 is 0 Å². The average Bonchev–Trinajstić information content (AvgIpc) is 1.40. The van der Waals surface area contributed by atoms with Gasteiger partial charge < -0.3 is 0 Å². The van der Waals surface area contributed by atoms with Crippen molar-refractivity contribution >= 4 is 97.2 Å². The van der Waals surface area contributed by atoms with Crippen LogP contribution in [0, 0.1) is 5.41 Å². The highest BCUT2D eigenvalue weighted by Gasteiger charge is 2.89. The van der Waals surface area contributed by atoms with Crippen LogP contribution in [-0.2, 0) is 21.7 Å². The molecule has 1 spiro atoms. The highest BCUT2D eigenvalue weighted by molar-refractivity contribution is 5.93. The first-order valence-corrected chi connectivity index (χ1v) is 34.2. The van der Waals surface area contributed by atoms with Gasteiger partial charge in [-0.05, 0) is 182 Å². The predicted molar refractivity (Wildman–Crippen MR) is 417 cm³/mol. The zero-order valence-electron chi connectivity index (χ0n) is 55.5. The molecule has 0 N–H and O–H groups in total. The van der Waals surface area contributed by atoms with Crippen molar-refractivity contribution in [2.24, 2.45) is 5.41 Å². The summed E-state index contributed by atoms with van der Waals surface area (Å²) in [5, 5.41) is 0. The molecule has 0 nitrogen and oxygen atoms in total. The van der Waals surface area contributed by atoms with E-state index in [0.29, 0.717) is 0 Å². The van der Waals surface area contributed by atoms with Crippen LogP contribution in [0.15, 0.2) is 291 Å². The molecule has 0 radical (unpaired) electrons. The van der Waals surface area contributed by atoms with E-state index in [0.717, 1.165) is 44.5 Å². The van der Waals surface area contributed by atoms with Crippen LogP contribution < -0.4 is 0 Å². The van der Waals surface area contributed by atoms with E-state index in [1.165, 1.54) is 89.0 Å². The van der Waals surface area contributed by atoms with E-state index in [1.54, 1.807) is 0 Å². The lowest BCUT2D eigenvalue weighted by atomic mass is 9.43. The number of benzene rings is 12. The van der Waals surface area contributed by atoms with Gasteiger partial charge in [0, 0.05) is 27.1 Å². The molecule has 0 saturated heterocycles. The highest BCUT2D eigenvalue weighted by Crippen LogP contribution is 2.90. The minimum absolute atomic E-state index is 0.621. The third-order valence-electron chi connectivity index (χ3n) is 22.2. The summed E-state index contributed by atoms with van der Waals surface area (Å²) in [6, 6.07) is 107. The summed E-state index contributed by atoms with van der Waals surface area (Å²) in [4.78, 5) is 0. The third kappa shape index (κ3) is 9.96. The lowest BCUT2D eigenvalue weighted by Gasteiger charge is -2.57. The Morgan fingerprint density at radius 3 is 0.381 bits per heavy atom. The van der Waals surface area contributed by atoms with E-state index in [9.17, 15) is 0 Å². The Labute approximate surface area is 573 Å². The fraction of sp³-hybridized carbons (Fsp3) is 0.0928. The number of rotatable bonds is 16. The molecule has 0 saturated carbocycles. The molecule has 4 aliphatic carbocycles. The van der Waals surface area contributed by atoms with Crippen molar-refractivity contribution in [1.29, 1.82) is 0 Å². The van der Waals surface area contributed by atoms with Crippen LogP contribution in [0.2, 0.25) is 0 Å². The van der Waals surface area contributed by atoms with E-state index in [-0.39, 0.29) is 0 Å². The van der Waals surface area contributed by atoms with Crippen molar-refractivity contribution in [3.8, 4) is 0 Å². The SMILES string of the molecule is CC12c3cc(/C=C/c4ccccc4)c(/C=C/c4ccccc4)cc3C3(C)c4cc(/C=C/c5ccccc5)c(/C=C/c5ccccc5)cc4C4(C)c5cc(/C=C/c6ccccc6)c(/C=C/c6ccccc6)cc5C(C)(c5cc(/C=C/c6ccccc6)c(/C=C/c6ccccc6)cc51)C234. The molecule has 16 rings (SSSR count). The molecule has 4 aliphatic rings. The Balaban J connectivity index is 1.06. The molecule has 0 aromatic heterocycles. The smallest absolute Gasteiger partial charge is 0.0272 e. The quantitative estimate of drug-likeness (QED) is 0.0846. The molecule has 0 heteroatoms. The number of fused-ring (bicyclic) bond motifs is 12. The molecule has 97 heavy (non-hydrogen) atoms. The van der Waals surface area contributed by atoms with Crippen molar-refractivity contribution in [2.75, 3.05) is 0 Å². The standard InChI is InChI=1S/C97H76/c1-93-85-61-77(53-45-69-29-13-5-14-30-69)79(55-47-71-33-17-7-18-34-71)63-87(85)94(2)89-65-81(57-49-73-37-21-9-22-38-73)83(59-51-75-41-25-11-26-42-75)67-91(89)96(4)92-68-84(60-52-76-43-27-12-28-44-76)82(58-50-74-39-23-10-24-40-74)66-90(92)95(3,97(93,94)96)88-64-80(56-48-72-35-19-8-20-36-72)78(62-86(88)93)54-46-70-31-15-6-16-32-70/h5-68H,1-4H3/b53-45+,54-46+,55-47+,56-48+,57-49+,58-50+,59-51+,60-52+. The topological polar surface area (TPSA) is 0 Å². The van der Waals surface area contributed by atoms with Gasteiger partial charge in [0.2, 0.25) is 0 Å². The predicted octanol–water partition coefficient (Wildman–Crippen LogP) is 24.6. The minimum atomic E-state index is -0.637. The van der Waals surface area contributed by atoms with Crippen LogP contribution in [-0.4, -0.2) is 0 Å². The molecule has 12 aromatic carbocycles. The van der Waals surface area contributed by atoms with Gasteiger partial charge in [0.25, 0.3) is 0 Å². The summed E-state index contributed by atoms with van der Waals surface area (Å²) < 4.78 is 0. The molecule has 0 fully saturated rings. The fourth-order valence-corrected chi connectivity index (χ4v) is 18.2. The van der Waals surface area contributed by atoms with Gasteiger partial charge in [-0.25, -0.2) is 0 Å². The van der Waals surface area contributed by atoms with Gasteiger partial charge in [-0.15, -0.1) is 0 Å². The van der Waals surface area contributed by atoms with Gasteiger partial charge in [0.05, 0.1) is 0 Å². The van der Waals surface area contributed by atoms with E-state index < -0.39 is 27.1 Å². The molecule has 0 heterocycles. The Morgan fingerprint density at radius 1 is 0.155 bits per heavy atom. The van der Waals surface area contributed by atoms with Crippen LogP contribution >= 0.6 is 0 Å². The highest BCUT2D eigenvalue weighted by atomic mass is 14.9. The molecular weight excluding hydrogens is 1170 g/mol. The summed E-state index contributed by atoms with van der Waals surface area (Å²) >= 11 is 0. The Kier molecular flexibility index (Phi) is 15.4. The first-order valence-electron chi connectivity index (χ1n) is 34.2. The maximum atomic E-state index is 2.68. The summed E-state index contributed by atoms with van der Waals surface area (Å²) in [7, 11) is 0. The van der Waals surface area contributed by atoms with E-state index in [4.69, 9.17) is 0 Å². The van der Waals surface area contributed by atoms with Crippen LogP contribution in [0.25, 0.3) is 97.2 Å². The molecule has 0 bridgehead atoms. The van der Waals surface area contributed by atoms with E-state index in [2.05, 4.69) is 416 Å². The van der Waals surface area contributed by atoms with Crippen molar-refractivity contribution in [3.63, 3.8) is 0 Å². The molecule has 12 aromatic rings. The first kappa shape index (κ1) is 60.5. The monoisotopic (exact) mass is 1240 g/mol. The number of hydrogen-bond acceptors (Lipinski definition) is 0. The Hall–Kier alpha value is -11.4. The fourth-order valence-electron chi connectivity index (χ4n) is 18.2. The van der Waals surface area contributed by atoms with Crippen molar-refractivity contribution in [2.45, 2.75) is 49.4 Å². The summed E-state index contributed by atoms with van der Waals surface area (Å²) in [6.45, 7) is 10.7. The number of hydrogen-bond donors (Lipinski definition) is 0. The van der Waals surface area contributed by atoms with Gasteiger partial charge in [-0.1, -0.05) is 368 Å². The first-order chi connectivity index (χ1) is 47.6. The Morgan fingerprint density at radius 2 is 0.268 bits per heavy atom. The molecule has 0 amide bonds. The maximum Gasteiger partial charge on any atom is 0.0272 e. The lowest BCUT2D eigenvalue weighted by Crippen LogP contribution is -2.60. The Bertz CT molecular complexity index is 4220. The normalized spacial score (nSPS) is 21.1. The van der Waals surface area contributed by atoms with Crippen LogP contribution in [0.1, 0.15) is 161 Å². The second-order valence-electron chi connectivity index (χ2n) is 27.3. The lowest BCUT2D eigenvalue weighted by molar-refractivity contribution is 0.0253. The minimum Gasteiger partial charge on any atom is -0.0622 e. The summed E-state index contributed by atoms with van der Waals surface area (Å²) in [5.74, 6) is 0. The largest absolute Gasteiger partial charge is 0.0622 e. The van der Waals surface area contributed by atoms with Gasteiger partial charge in [0.15, 0.2) is 0 Å². The third-order valence-corrected chi connectivity index (χ3v) is 22.2. The van der Waals surface area contributed by atoms with Crippen molar-refractivity contribution in [1.82, 2.24) is 0 Å². The molecule has 0 atom stereocenters. The molecular formula is C97H76. The van der Waals surface area contributed by atoms with E-state index in [1.807, 2.05) is 0 Å². The van der Waals surface area contributed by atoms with E-state index >= 15 is 0 Å². The summed E-state index contributed by atoms with van der Waals surface area (Å²) in [6.07, 6.45) is 37.5. The van der Waals surface area contributed by atoms with Gasteiger partial charge in [0.1, 0.15) is 0 Å². The van der Waals surface area contributed by atoms with Gasteiger partial charge in [-0.2, -0.15) is 0 Å². The second kappa shape index (κ2) is 24.7. The van der Waals surface area contributed by atoms with Gasteiger partial charge in [-0.3, -0.25) is 0 Å². The van der Waals surface area contributed by atoms with Crippen molar-refractivity contribution < 1.29 is 0 Å². The van der Waals surface area contributed by atoms with Crippen LogP contribution in [0.5, 0.6) is 0 Å². The maximum absolute atomic E-state index is 2.68. The second-order valence-corrected chi connectivity index (χ2v) is 27.3. The molecule has 464 valence electrons. The summed E-state index contributed by atoms with van der Waals surface area (Å²) in [5.41, 5.74) is 26.6. The zero-order chi connectivity index (χ0) is 65.6. The molecule has 0 aliphatic heterocycles. The molecule has 0 unspecified atom stereocenters. The van der Waals surface area contributed by atoms with Crippen LogP contribution in [0.3, 0.4) is 0 Å². The van der Waals surface area contributed by atoms with Crippen LogP contribution in [0.4, 0.5) is 0 Å². The zero-order valence-corrected chi connectivity index (χ0v) is 55.5.